The van der Waals surface area contributed by atoms with Crippen molar-refractivity contribution in [3.05, 3.63) is 184 Å². The van der Waals surface area contributed by atoms with Gasteiger partial charge in [0.05, 0.1) is 22.7 Å². The molecule has 3 aliphatic heterocycles. The Labute approximate surface area is 390 Å². The van der Waals surface area contributed by atoms with Crippen LogP contribution in [0.25, 0.3) is 11.1 Å². The molecule has 0 N–H and O–H groups in total. The Morgan fingerprint density at radius 2 is 0.785 bits per heavy atom. The molecule has 0 aliphatic carbocycles. The lowest BCUT2D eigenvalue weighted by Crippen LogP contribution is -2.54. The summed E-state index contributed by atoms with van der Waals surface area (Å²) in [6.45, 7) is 35.6. The standard InChI is InChI=1S/C62H67BN2/c1-38-24-30-55-47(32-38)61(12,13)45-20-16-18-22-53(45)64(55)41-26-28-51-43(36-41)44-37-42(65-54-23-19-17-21-46(54)62(14,15)48-33-39(2)25-31-56(48)65)27-29-52(44)63(51)57-49(59(6,7)8)34-40(58(3,4)5)35-50(57)60(9,10)11/h16-37H,1-15H3. The largest absolute Gasteiger partial charge is 0.310 e. The first-order valence-corrected chi connectivity index (χ1v) is 24.0. The van der Waals surface area contributed by atoms with Crippen molar-refractivity contribution in [2.75, 3.05) is 9.80 Å². The van der Waals surface area contributed by atoms with Crippen molar-refractivity contribution >= 4 is 57.2 Å². The second kappa shape index (κ2) is 14.4. The molecule has 0 radical (unpaired) electrons. The highest BCUT2D eigenvalue weighted by atomic mass is 15.2. The molecule has 2 nitrogen and oxygen atoms in total. The van der Waals surface area contributed by atoms with Crippen LogP contribution in [0, 0.1) is 13.8 Å². The van der Waals surface area contributed by atoms with E-state index >= 15 is 0 Å². The fraction of sp³-hybridized carbons (Fsp3) is 0.323. The molecular formula is C62H67BN2. The minimum Gasteiger partial charge on any atom is -0.310 e. The summed E-state index contributed by atoms with van der Waals surface area (Å²) in [5.74, 6) is 0. The van der Waals surface area contributed by atoms with Crippen LogP contribution in [0.15, 0.2) is 133 Å². The van der Waals surface area contributed by atoms with E-state index in [1.165, 1.54) is 112 Å². The van der Waals surface area contributed by atoms with Crippen molar-refractivity contribution in [1.82, 2.24) is 0 Å². The van der Waals surface area contributed by atoms with Crippen molar-refractivity contribution in [2.24, 2.45) is 0 Å². The molecule has 3 aliphatic rings. The van der Waals surface area contributed by atoms with Crippen molar-refractivity contribution in [2.45, 2.75) is 131 Å². The molecule has 7 aromatic carbocycles. The monoisotopic (exact) mass is 851 g/mol. The SMILES string of the molecule is Cc1ccc2c(c1)C(C)(C)c1ccccc1N2c1ccc2c(c1)-c1cc(N3c4ccccc4C(C)(C)c4cc(C)ccc43)ccc1B2c1c(C(C)(C)C)cc(C(C)(C)C)cc1C(C)(C)C. The van der Waals surface area contributed by atoms with Gasteiger partial charge in [0.25, 0.3) is 0 Å². The number of rotatable bonds is 3. The lowest BCUT2D eigenvalue weighted by molar-refractivity contribution is 0.553. The molecular weight excluding hydrogens is 784 g/mol. The zero-order chi connectivity index (χ0) is 46.3. The van der Waals surface area contributed by atoms with E-state index in [9.17, 15) is 0 Å². The maximum Gasteiger partial charge on any atom is 0.243 e. The highest BCUT2D eigenvalue weighted by molar-refractivity contribution is 6.99. The van der Waals surface area contributed by atoms with Gasteiger partial charge in [-0.1, -0.05) is 202 Å². The second-order valence-corrected chi connectivity index (χ2v) is 23.7. The van der Waals surface area contributed by atoms with E-state index in [4.69, 9.17) is 0 Å². The zero-order valence-corrected chi connectivity index (χ0v) is 41.7. The molecule has 65 heavy (non-hydrogen) atoms. The summed E-state index contributed by atoms with van der Waals surface area (Å²) in [6, 6.07) is 52.1. The Balaban J connectivity index is 1.27. The van der Waals surface area contributed by atoms with Crippen molar-refractivity contribution in [3.63, 3.8) is 0 Å². The molecule has 0 unspecified atom stereocenters. The van der Waals surface area contributed by atoms with Crippen LogP contribution in [0.5, 0.6) is 0 Å². The van der Waals surface area contributed by atoms with Crippen molar-refractivity contribution in [1.29, 1.82) is 0 Å². The zero-order valence-electron chi connectivity index (χ0n) is 41.7. The number of fused-ring (bicyclic) bond motifs is 7. The fourth-order valence-corrected chi connectivity index (χ4v) is 11.6. The highest BCUT2D eigenvalue weighted by Gasteiger charge is 2.43. The lowest BCUT2D eigenvalue weighted by atomic mass is 9.35. The molecule has 0 spiro atoms. The molecule has 0 aromatic heterocycles. The molecule has 10 rings (SSSR count). The van der Waals surface area contributed by atoms with Gasteiger partial charge in [-0.15, -0.1) is 0 Å². The normalized spacial score (nSPS) is 15.8. The predicted molar refractivity (Wildman–Crippen MR) is 282 cm³/mol. The maximum absolute atomic E-state index is 2.56. The van der Waals surface area contributed by atoms with Crippen molar-refractivity contribution in [3.8, 4) is 11.1 Å². The minimum atomic E-state index is -0.141. The van der Waals surface area contributed by atoms with Crippen LogP contribution in [-0.2, 0) is 27.1 Å². The van der Waals surface area contributed by atoms with Crippen LogP contribution >= 0.6 is 0 Å². The van der Waals surface area contributed by atoms with E-state index in [0.29, 0.717) is 0 Å². The number of benzene rings is 7. The summed E-state index contributed by atoms with van der Waals surface area (Å²) < 4.78 is 0. The van der Waals surface area contributed by atoms with Crippen LogP contribution in [-0.4, -0.2) is 6.71 Å². The smallest absolute Gasteiger partial charge is 0.243 e. The Kier molecular flexibility index (Phi) is 9.52. The molecule has 7 aromatic rings. The summed E-state index contributed by atoms with van der Waals surface area (Å²) in [7, 11) is 0. The van der Waals surface area contributed by atoms with Gasteiger partial charge in [0.2, 0.25) is 6.71 Å². The first-order chi connectivity index (χ1) is 30.5. The summed E-state index contributed by atoms with van der Waals surface area (Å²) in [6.07, 6.45) is 0. The predicted octanol–water partition coefficient (Wildman–Crippen LogP) is 14.9. The van der Waals surface area contributed by atoms with Gasteiger partial charge in [-0.25, -0.2) is 0 Å². The molecule has 0 atom stereocenters. The molecule has 3 heteroatoms. The average molecular weight is 851 g/mol. The summed E-state index contributed by atoms with van der Waals surface area (Å²) >= 11 is 0. The minimum absolute atomic E-state index is 0.0100. The van der Waals surface area contributed by atoms with Gasteiger partial charge in [-0.3, -0.25) is 0 Å². The van der Waals surface area contributed by atoms with Gasteiger partial charge in [0, 0.05) is 22.2 Å². The molecule has 328 valence electrons. The molecule has 0 amide bonds. The van der Waals surface area contributed by atoms with Gasteiger partial charge in [0.1, 0.15) is 0 Å². The number of anilines is 6. The summed E-state index contributed by atoms with van der Waals surface area (Å²) in [5.41, 5.74) is 26.1. The molecule has 0 fully saturated rings. The number of aryl methyl sites for hydroxylation is 2. The van der Waals surface area contributed by atoms with Gasteiger partial charge < -0.3 is 9.80 Å². The third kappa shape index (κ3) is 6.66. The second-order valence-electron chi connectivity index (χ2n) is 23.7. The Bertz CT molecular complexity index is 2890. The van der Waals surface area contributed by atoms with E-state index in [2.05, 4.69) is 247 Å². The average Bonchev–Trinajstić information content (AvgIpc) is 3.56. The third-order valence-electron chi connectivity index (χ3n) is 15.2. The van der Waals surface area contributed by atoms with Crippen molar-refractivity contribution < 1.29 is 0 Å². The van der Waals surface area contributed by atoms with E-state index in [-0.39, 0.29) is 33.8 Å². The Hall–Kier alpha value is -5.80. The number of hydrogen-bond acceptors (Lipinski definition) is 2. The maximum atomic E-state index is 2.56. The Morgan fingerprint density at radius 1 is 0.400 bits per heavy atom. The van der Waals surface area contributed by atoms with Crippen LogP contribution < -0.4 is 26.2 Å². The van der Waals surface area contributed by atoms with E-state index in [1.807, 2.05) is 0 Å². The molecule has 0 saturated carbocycles. The van der Waals surface area contributed by atoms with Crippen LogP contribution in [0.2, 0.25) is 0 Å². The van der Waals surface area contributed by atoms with Gasteiger partial charge in [-0.2, -0.15) is 0 Å². The van der Waals surface area contributed by atoms with Crippen LogP contribution in [0.1, 0.15) is 140 Å². The fourth-order valence-electron chi connectivity index (χ4n) is 11.6. The van der Waals surface area contributed by atoms with Gasteiger partial charge in [-0.05, 0) is 129 Å². The van der Waals surface area contributed by atoms with E-state index < -0.39 is 0 Å². The summed E-state index contributed by atoms with van der Waals surface area (Å²) in [5, 5.41) is 0. The number of para-hydroxylation sites is 2. The van der Waals surface area contributed by atoms with E-state index in [1.54, 1.807) is 0 Å². The van der Waals surface area contributed by atoms with Crippen LogP contribution in [0.4, 0.5) is 34.1 Å². The van der Waals surface area contributed by atoms with Gasteiger partial charge in [0.15, 0.2) is 0 Å². The first kappa shape index (κ1) is 43.1. The summed E-state index contributed by atoms with van der Waals surface area (Å²) in [4.78, 5) is 5.07. The quantitative estimate of drug-likeness (QED) is 0.163. The lowest BCUT2D eigenvalue weighted by Gasteiger charge is -2.42. The number of hydrogen-bond donors (Lipinski definition) is 0. The molecule has 0 saturated heterocycles. The topological polar surface area (TPSA) is 6.48 Å². The van der Waals surface area contributed by atoms with Crippen LogP contribution in [0.3, 0.4) is 0 Å². The van der Waals surface area contributed by atoms with Gasteiger partial charge >= 0.3 is 0 Å². The molecule has 3 heterocycles. The van der Waals surface area contributed by atoms with E-state index in [0.717, 1.165) is 0 Å². The highest BCUT2D eigenvalue weighted by Crippen LogP contribution is 2.54. The first-order valence-electron chi connectivity index (χ1n) is 24.0. The molecule has 0 bridgehead atoms. The Morgan fingerprint density at radius 3 is 1.17 bits per heavy atom. The number of nitrogens with zero attached hydrogens (tertiary/aromatic N) is 2. The third-order valence-corrected chi connectivity index (χ3v) is 15.2.